The Morgan fingerprint density at radius 2 is 1.33 bits per heavy atom. The Bertz CT molecular complexity index is 711. The molecule has 0 fully saturated rings. The van der Waals surface area contributed by atoms with Crippen molar-refractivity contribution in [2.24, 2.45) is 0 Å². The first-order valence-electron chi connectivity index (χ1n) is 11.8. The minimum atomic E-state index is -0.202. The molecule has 2 rings (SSSR count). The molecule has 30 heavy (non-hydrogen) atoms. The van der Waals surface area contributed by atoms with Gasteiger partial charge >= 0.3 is 5.97 Å². The molecule has 4 heteroatoms. The maximum atomic E-state index is 12.0. The smallest absolute Gasteiger partial charge is 0.311 e. The van der Waals surface area contributed by atoms with Gasteiger partial charge in [-0.05, 0) is 24.8 Å². The minimum Gasteiger partial charge on any atom is -0.423 e. The van der Waals surface area contributed by atoms with Gasteiger partial charge < -0.3 is 4.74 Å². The second-order valence-electron chi connectivity index (χ2n) is 8.10. The summed E-state index contributed by atoms with van der Waals surface area (Å²) in [6.45, 7) is 4.45. The van der Waals surface area contributed by atoms with Gasteiger partial charge in [-0.2, -0.15) is 0 Å². The van der Waals surface area contributed by atoms with Crippen LogP contribution < -0.4 is 4.74 Å². The van der Waals surface area contributed by atoms with Gasteiger partial charge in [0, 0.05) is 12.0 Å². The standard InChI is InChI=1S/C26H38N2O2/c1-3-5-7-9-10-11-13-15-25(29)30-24-20-27-26(28-21-24)23-18-16-22(17-19-23)14-12-8-6-4-2/h16-21H,3-15H2,1-2H3. The summed E-state index contributed by atoms with van der Waals surface area (Å²) in [4.78, 5) is 20.7. The molecule has 1 heterocycles. The molecule has 0 spiro atoms. The van der Waals surface area contributed by atoms with Crippen LogP contribution >= 0.6 is 0 Å². The van der Waals surface area contributed by atoms with Crippen molar-refractivity contribution in [2.75, 3.05) is 0 Å². The molecule has 0 radical (unpaired) electrons. The molecule has 1 aromatic heterocycles. The molecule has 0 aliphatic heterocycles. The third-order valence-electron chi connectivity index (χ3n) is 5.38. The molecule has 4 nitrogen and oxygen atoms in total. The molecule has 0 atom stereocenters. The molecule has 0 N–H and O–H groups in total. The Hall–Kier alpha value is -2.23. The van der Waals surface area contributed by atoms with Gasteiger partial charge in [-0.25, -0.2) is 9.97 Å². The molecule has 1 aromatic carbocycles. The van der Waals surface area contributed by atoms with Gasteiger partial charge in [-0.3, -0.25) is 4.79 Å². The Balaban J connectivity index is 1.72. The van der Waals surface area contributed by atoms with Gasteiger partial charge in [-0.1, -0.05) is 95.9 Å². The molecule has 0 unspecified atom stereocenters. The lowest BCUT2D eigenvalue weighted by atomic mass is 10.0. The summed E-state index contributed by atoms with van der Waals surface area (Å²) in [7, 11) is 0. The minimum absolute atomic E-state index is 0.202. The van der Waals surface area contributed by atoms with Crippen LogP contribution in [0.4, 0.5) is 0 Å². The van der Waals surface area contributed by atoms with Crippen molar-refractivity contribution in [3.8, 4) is 17.1 Å². The summed E-state index contributed by atoms with van der Waals surface area (Å²) < 4.78 is 5.37. The number of nitrogens with zero attached hydrogens (tertiary/aromatic N) is 2. The second kappa shape index (κ2) is 14.7. The molecule has 0 saturated carbocycles. The Kier molecular flexibility index (Phi) is 11.8. The molecule has 0 bridgehead atoms. The molecule has 0 amide bonds. The molecular formula is C26H38N2O2. The fourth-order valence-corrected chi connectivity index (χ4v) is 3.50. The summed E-state index contributed by atoms with van der Waals surface area (Å²) in [6.07, 6.45) is 18.1. The predicted molar refractivity (Wildman–Crippen MR) is 124 cm³/mol. The van der Waals surface area contributed by atoms with E-state index in [0.717, 1.165) is 24.8 Å². The summed E-state index contributed by atoms with van der Waals surface area (Å²) >= 11 is 0. The van der Waals surface area contributed by atoms with Crippen LogP contribution in [0.15, 0.2) is 36.7 Å². The topological polar surface area (TPSA) is 52.1 Å². The molecule has 0 saturated heterocycles. The zero-order valence-electron chi connectivity index (χ0n) is 18.9. The van der Waals surface area contributed by atoms with Gasteiger partial charge in [0.25, 0.3) is 0 Å². The van der Waals surface area contributed by atoms with E-state index in [1.54, 1.807) is 12.4 Å². The lowest BCUT2D eigenvalue weighted by Gasteiger charge is -2.06. The van der Waals surface area contributed by atoms with Crippen molar-refractivity contribution in [1.82, 2.24) is 9.97 Å². The highest BCUT2D eigenvalue weighted by molar-refractivity contribution is 5.72. The van der Waals surface area contributed by atoms with Crippen LogP contribution in [0.3, 0.4) is 0 Å². The van der Waals surface area contributed by atoms with E-state index in [-0.39, 0.29) is 5.97 Å². The average Bonchev–Trinajstić information content (AvgIpc) is 2.77. The third kappa shape index (κ3) is 9.51. The van der Waals surface area contributed by atoms with E-state index in [1.165, 1.54) is 63.4 Å². The van der Waals surface area contributed by atoms with E-state index in [1.807, 2.05) is 0 Å². The zero-order chi connectivity index (χ0) is 21.4. The molecular weight excluding hydrogens is 372 g/mol. The number of rotatable bonds is 15. The first-order valence-corrected chi connectivity index (χ1v) is 11.8. The summed E-state index contributed by atoms with van der Waals surface area (Å²) in [5, 5.41) is 0. The van der Waals surface area contributed by atoms with Crippen LogP contribution in [0.5, 0.6) is 5.75 Å². The Labute approximate surface area is 182 Å². The summed E-state index contributed by atoms with van der Waals surface area (Å²) in [5.74, 6) is 0.867. The molecule has 2 aromatic rings. The first kappa shape index (κ1) is 24.0. The molecule has 0 aliphatic rings. The Morgan fingerprint density at radius 3 is 1.97 bits per heavy atom. The zero-order valence-corrected chi connectivity index (χ0v) is 18.9. The highest BCUT2D eigenvalue weighted by Gasteiger charge is 2.07. The lowest BCUT2D eigenvalue weighted by molar-refractivity contribution is -0.134. The van der Waals surface area contributed by atoms with Crippen molar-refractivity contribution in [3.05, 3.63) is 42.2 Å². The van der Waals surface area contributed by atoms with Crippen LogP contribution in [-0.2, 0) is 11.2 Å². The maximum absolute atomic E-state index is 12.0. The quantitative estimate of drug-likeness (QED) is 0.228. The number of benzene rings is 1. The fraction of sp³-hybridized carbons (Fsp3) is 0.577. The Morgan fingerprint density at radius 1 is 0.767 bits per heavy atom. The highest BCUT2D eigenvalue weighted by Crippen LogP contribution is 2.19. The maximum Gasteiger partial charge on any atom is 0.311 e. The monoisotopic (exact) mass is 410 g/mol. The van der Waals surface area contributed by atoms with E-state index >= 15 is 0 Å². The number of unbranched alkanes of at least 4 members (excludes halogenated alkanes) is 9. The third-order valence-corrected chi connectivity index (χ3v) is 5.38. The van der Waals surface area contributed by atoms with E-state index < -0.39 is 0 Å². The van der Waals surface area contributed by atoms with Crippen molar-refractivity contribution in [1.29, 1.82) is 0 Å². The van der Waals surface area contributed by atoms with E-state index in [0.29, 0.717) is 18.0 Å². The number of esters is 1. The number of carbonyl (C=O) groups is 1. The normalized spacial score (nSPS) is 10.9. The number of aryl methyl sites for hydroxylation is 1. The predicted octanol–water partition coefficient (Wildman–Crippen LogP) is 7.31. The first-order chi connectivity index (χ1) is 14.7. The van der Waals surface area contributed by atoms with Gasteiger partial charge in [-0.15, -0.1) is 0 Å². The van der Waals surface area contributed by atoms with Crippen LogP contribution in [0, 0.1) is 0 Å². The van der Waals surface area contributed by atoms with Crippen LogP contribution in [0.1, 0.15) is 96.5 Å². The van der Waals surface area contributed by atoms with Crippen LogP contribution in [0.25, 0.3) is 11.4 Å². The largest absolute Gasteiger partial charge is 0.423 e. The highest BCUT2D eigenvalue weighted by atomic mass is 16.5. The summed E-state index contributed by atoms with van der Waals surface area (Å²) in [6, 6.07) is 8.44. The summed E-state index contributed by atoms with van der Waals surface area (Å²) in [5.41, 5.74) is 2.33. The van der Waals surface area contributed by atoms with Crippen molar-refractivity contribution >= 4 is 5.97 Å². The second-order valence-corrected chi connectivity index (χ2v) is 8.10. The van der Waals surface area contributed by atoms with Gasteiger partial charge in [0.1, 0.15) is 0 Å². The average molecular weight is 411 g/mol. The van der Waals surface area contributed by atoms with E-state index in [4.69, 9.17) is 4.74 Å². The van der Waals surface area contributed by atoms with Gasteiger partial charge in [0.05, 0.1) is 12.4 Å². The van der Waals surface area contributed by atoms with Crippen molar-refractivity contribution in [3.63, 3.8) is 0 Å². The number of hydrogen-bond donors (Lipinski definition) is 0. The molecule has 0 aliphatic carbocycles. The van der Waals surface area contributed by atoms with E-state index in [9.17, 15) is 4.79 Å². The van der Waals surface area contributed by atoms with Crippen LogP contribution in [0.2, 0.25) is 0 Å². The fourth-order valence-electron chi connectivity index (χ4n) is 3.50. The van der Waals surface area contributed by atoms with Crippen molar-refractivity contribution < 1.29 is 9.53 Å². The lowest BCUT2D eigenvalue weighted by Crippen LogP contribution is -2.08. The van der Waals surface area contributed by atoms with Crippen molar-refractivity contribution in [2.45, 2.75) is 97.3 Å². The van der Waals surface area contributed by atoms with E-state index in [2.05, 4.69) is 48.1 Å². The van der Waals surface area contributed by atoms with Gasteiger partial charge in [0.15, 0.2) is 11.6 Å². The molecule has 164 valence electrons. The number of carbonyl (C=O) groups excluding carboxylic acids is 1. The number of aromatic nitrogens is 2. The number of hydrogen-bond acceptors (Lipinski definition) is 4. The van der Waals surface area contributed by atoms with Crippen LogP contribution in [-0.4, -0.2) is 15.9 Å². The number of ether oxygens (including phenoxy) is 1. The van der Waals surface area contributed by atoms with Gasteiger partial charge in [0.2, 0.25) is 0 Å². The SMILES string of the molecule is CCCCCCCCCC(=O)Oc1cnc(-c2ccc(CCCCCC)cc2)nc1.